The van der Waals surface area contributed by atoms with Gasteiger partial charge in [0.2, 0.25) is 0 Å². The Bertz CT molecular complexity index is 790. The molecule has 1 atom stereocenters. The van der Waals surface area contributed by atoms with E-state index in [1.807, 2.05) is 0 Å². The number of carbonyl (C=O) groups excluding carboxylic acids is 1. The highest BCUT2D eigenvalue weighted by Gasteiger charge is 2.28. The van der Waals surface area contributed by atoms with Crippen LogP contribution in [0, 0.1) is 0 Å². The summed E-state index contributed by atoms with van der Waals surface area (Å²) in [5.41, 5.74) is 0.704. The van der Waals surface area contributed by atoms with Crippen molar-refractivity contribution in [2.24, 2.45) is 0 Å². The average molecular weight is 337 g/mol. The van der Waals surface area contributed by atoms with E-state index in [1.54, 1.807) is 24.3 Å². The Labute approximate surface area is 132 Å². The summed E-state index contributed by atoms with van der Waals surface area (Å²) in [5.74, 6) is 0.257. The van der Waals surface area contributed by atoms with Gasteiger partial charge in [0, 0.05) is 12.1 Å². The van der Waals surface area contributed by atoms with E-state index in [1.165, 1.54) is 11.0 Å². The molecule has 2 aromatic rings. The maximum atomic E-state index is 11.8. The number of rotatable bonds is 5. The second kappa shape index (κ2) is 6.32. The highest BCUT2D eigenvalue weighted by molar-refractivity contribution is 7.91. The van der Waals surface area contributed by atoms with Crippen molar-refractivity contribution in [3.8, 4) is 11.4 Å². The van der Waals surface area contributed by atoms with Crippen molar-refractivity contribution in [2.75, 3.05) is 18.1 Å². The van der Waals surface area contributed by atoms with E-state index in [9.17, 15) is 13.2 Å². The van der Waals surface area contributed by atoms with Crippen LogP contribution in [0.25, 0.3) is 5.69 Å². The number of sulfone groups is 1. The lowest BCUT2D eigenvalue weighted by atomic mass is 10.2. The highest BCUT2D eigenvalue weighted by Crippen LogP contribution is 2.16. The lowest BCUT2D eigenvalue weighted by molar-refractivity contribution is -0.123. The topological polar surface area (TPSA) is 116 Å². The zero-order chi connectivity index (χ0) is 16.3. The summed E-state index contributed by atoms with van der Waals surface area (Å²) < 4.78 is 29.6. The Morgan fingerprint density at radius 1 is 1.43 bits per heavy atom. The zero-order valence-corrected chi connectivity index (χ0v) is 12.9. The lowest BCUT2D eigenvalue weighted by Crippen LogP contribution is -2.38. The zero-order valence-electron chi connectivity index (χ0n) is 12.1. The van der Waals surface area contributed by atoms with Gasteiger partial charge >= 0.3 is 0 Å². The third-order valence-corrected chi connectivity index (χ3v) is 5.17. The number of benzene rings is 1. The molecule has 0 spiro atoms. The first-order chi connectivity index (χ1) is 11.0. The summed E-state index contributed by atoms with van der Waals surface area (Å²) in [5, 5.41) is 13.5. The lowest BCUT2D eigenvalue weighted by Gasteiger charge is -2.12. The number of tetrazole rings is 1. The quantitative estimate of drug-likeness (QED) is 0.770. The van der Waals surface area contributed by atoms with Crippen LogP contribution >= 0.6 is 0 Å². The minimum Gasteiger partial charge on any atom is -0.484 e. The summed E-state index contributed by atoms with van der Waals surface area (Å²) in [4.78, 5) is 11.8. The summed E-state index contributed by atoms with van der Waals surface area (Å²) in [6.07, 6.45) is 1.90. The molecule has 1 aliphatic rings. The minimum atomic E-state index is -3.02. The van der Waals surface area contributed by atoms with Crippen molar-refractivity contribution >= 4 is 15.7 Å². The first-order valence-electron chi connectivity index (χ1n) is 6.98. The number of hydrogen-bond donors (Lipinski definition) is 1. The number of nitrogens with one attached hydrogen (secondary N) is 1. The van der Waals surface area contributed by atoms with Gasteiger partial charge in [-0.3, -0.25) is 4.79 Å². The Kier molecular flexibility index (Phi) is 4.24. The molecule has 1 N–H and O–H groups in total. The molecule has 1 aromatic heterocycles. The molecule has 1 aliphatic heterocycles. The predicted molar refractivity (Wildman–Crippen MR) is 79.9 cm³/mol. The van der Waals surface area contributed by atoms with Crippen molar-refractivity contribution < 1.29 is 17.9 Å². The molecule has 9 nitrogen and oxygen atoms in total. The predicted octanol–water partition coefficient (Wildman–Crippen LogP) is -0.656. The molecule has 1 fully saturated rings. The van der Waals surface area contributed by atoms with Crippen molar-refractivity contribution in [2.45, 2.75) is 12.5 Å². The molecular weight excluding hydrogens is 322 g/mol. The maximum Gasteiger partial charge on any atom is 0.258 e. The summed E-state index contributed by atoms with van der Waals surface area (Å²) >= 11 is 0. The van der Waals surface area contributed by atoms with Gasteiger partial charge < -0.3 is 10.1 Å². The molecule has 1 amide bonds. The number of nitrogens with zero attached hydrogens (tertiary/aromatic N) is 4. The molecule has 2 heterocycles. The van der Waals surface area contributed by atoms with Crippen LogP contribution in [0.4, 0.5) is 0 Å². The van der Waals surface area contributed by atoms with E-state index in [2.05, 4.69) is 20.8 Å². The molecule has 1 aromatic carbocycles. The third-order valence-electron chi connectivity index (χ3n) is 3.40. The Hall–Kier alpha value is -2.49. The van der Waals surface area contributed by atoms with Crippen molar-refractivity contribution in [1.82, 2.24) is 25.5 Å². The second-order valence-electron chi connectivity index (χ2n) is 5.21. The smallest absolute Gasteiger partial charge is 0.258 e. The average Bonchev–Trinajstić information content (AvgIpc) is 3.15. The largest absolute Gasteiger partial charge is 0.484 e. The summed E-state index contributed by atoms with van der Waals surface area (Å²) in [7, 11) is -3.02. The van der Waals surface area contributed by atoms with Crippen molar-refractivity contribution in [3.05, 3.63) is 30.6 Å². The van der Waals surface area contributed by atoms with Gasteiger partial charge in [-0.2, -0.15) is 0 Å². The fourth-order valence-corrected chi connectivity index (χ4v) is 4.00. The first-order valence-corrected chi connectivity index (χ1v) is 8.80. The normalized spacial score (nSPS) is 19.4. The Morgan fingerprint density at radius 3 is 3.00 bits per heavy atom. The van der Waals surface area contributed by atoms with Gasteiger partial charge in [0.15, 0.2) is 16.4 Å². The molecule has 0 radical (unpaired) electrons. The van der Waals surface area contributed by atoms with E-state index >= 15 is 0 Å². The van der Waals surface area contributed by atoms with Gasteiger partial charge in [0.1, 0.15) is 12.1 Å². The SMILES string of the molecule is O=C(COc1cccc(-n2cnnn2)c1)N[C@H]1CCS(=O)(=O)C1. The van der Waals surface area contributed by atoms with Crippen LogP contribution in [0.1, 0.15) is 6.42 Å². The van der Waals surface area contributed by atoms with Crippen LogP contribution in [-0.4, -0.2) is 58.7 Å². The van der Waals surface area contributed by atoms with Gasteiger partial charge in [-0.1, -0.05) is 6.07 Å². The fraction of sp³-hybridized carbons (Fsp3) is 0.385. The molecule has 10 heteroatoms. The standard InChI is InChI=1S/C13H15N5O4S/c19-13(15-10-4-5-23(20,21)8-10)7-22-12-3-1-2-11(6-12)18-9-14-16-17-18/h1-3,6,9-10H,4-5,7-8H2,(H,15,19)/t10-/m0/s1. The van der Waals surface area contributed by atoms with Gasteiger partial charge in [0.25, 0.3) is 5.91 Å². The number of amides is 1. The summed E-state index contributed by atoms with van der Waals surface area (Å²) in [6, 6.07) is 6.63. The first kappa shape index (κ1) is 15.4. The Morgan fingerprint density at radius 2 is 2.30 bits per heavy atom. The molecule has 0 unspecified atom stereocenters. The molecular formula is C13H15N5O4S. The van der Waals surface area contributed by atoms with E-state index in [0.717, 1.165) is 0 Å². The molecule has 23 heavy (non-hydrogen) atoms. The molecule has 0 saturated carbocycles. The maximum absolute atomic E-state index is 11.8. The van der Waals surface area contributed by atoms with Crippen LogP contribution in [0.3, 0.4) is 0 Å². The van der Waals surface area contributed by atoms with E-state index in [-0.39, 0.29) is 30.1 Å². The molecule has 0 bridgehead atoms. The fourth-order valence-electron chi connectivity index (χ4n) is 2.32. The van der Waals surface area contributed by atoms with Crippen molar-refractivity contribution in [1.29, 1.82) is 0 Å². The monoisotopic (exact) mass is 337 g/mol. The number of ether oxygens (including phenoxy) is 1. The van der Waals surface area contributed by atoms with Gasteiger partial charge in [0.05, 0.1) is 17.2 Å². The second-order valence-corrected chi connectivity index (χ2v) is 7.44. The van der Waals surface area contributed by atoms with E-state index in [0.29, 0.717) is 17.9 Å². The van der Waals surface area contributed by atoms with Crippen LogP contribution in [0.5, 0.6) is 5.75 Å². The van der Waals surface area contributed by atoms with Crippen LogP contribution in [-0.2, 0) is 14.6 Å². The summed E-state index contributed by atoms with van der Waals surface area (Å²) in [6.45, 7) is -0.185. The Balaban J connectivity index is 1.54. The highest BCUT2D eigenvalue weighted by atomic mass is 32.2. The molecule has 3 rings (SSSR count). The van der Waals surface area contributed by atoms with Gasteiger partial charge in [-0.05, 0) is 29.0 Å². The van der Waals surface area contributed by atoms with Crippen LogP contribution in [0.15, 0.2) is 30.6 Å². The number of aromatic nitrogens is 4. The minimum absolute atomic E-state index is 0.00642. The van der Waals surface area contributed by atoms with Crippen LogP contribution in [0.2, 0.25) is 0 Å². The number of carbonyl (C=O) groups is 1. The van der Waals surface area contributed by atoms with Gasteiger partial charge in [-0.15, -0.1) is 5.10 Å². The molecule has 122 valence electrons. The van der Waals surface area contributed by atoms with E-state index < -0.39 is 9.84 Å². The molecule has 0 aliphatic carbocycles. The number of hydrogen-bond acceptors (Lipinski definition) is 7. The van der Waals surface area contributed by atoms with E-state index in [4.69, 9.17) is 4.74 Å². The third kappa shape index (κ3) is 4.03. The molecule has 1 saturated heterocycles. The van der Waals surface area contributed by atoms with Crippen LogP contribution < -0.4 is 10.1 Å². The van der Waals surface area contributed by atoms with Crippen molar-refractivity contribution in [3.63, 3.8) is 0 Å². The van der Waals surface area contributed by atoms with Gasteiger partial charge in [-0.25, -0.2) is 13.1 Å².